The predicted molar refractivity (Wildman–Crippen MR) is 120 cm³/mol. The Hall–Kier alpha value is -1.61. The van der Waals surface area contributed by atoms with Crippen LogP contribution in [-0.4, -0.2) is 36.6 Å². The van der Waals surface area contributed by atoms with Crippen molar-refractivity contribution >= 4 is 12.0 Å². The Morgan fingerprint density at radius 3 is 1.82 bits per heavy atom. The van der Waals surface area contributed by atoms with E-state index in [1.165, 1.54) is 94.2 Å². The Morgan fingerprint density at radius 2 is 1.39 bits per heavy atom. The fourth-order valence-electron chi connectivity index (χ4n) is 3.59. The summed E-state index contributed by atoms with van der Waals surface area (Å²) in [5, 5.41) is 10.4. The second kappa shape index (κ2) is 16.4. The first kappa shape index (κ1) is 26.4. The van der Waals surface area contributed by atoms with Crippen LogP contribution in [0.4, 0.5) is 0 Å². The monoisotopic (exact) mass is 389 g/mol. The molecule has 28 heavy (non-hydrogen) atoms. The number of aromatic carboxylic acids is 1. The van der Waals surface area contributed by atoms with Gasteiger partial charge in [0.25, 0.3) is 0 Å². The molecular formula is C25H43NO2. The zero-order valence-corrected chi connectivity index (χ0v) is 18.8. The van der Waals surface area contributed by atoms with Crippen molar-refractivity contribution in [1.29, 1.82) is 0 Å². The number of carbonyl (C=O) groups excluding carboxylic acids is 1. The largest absolute Gasteiger partial charge is 0.545 e. The number of unbranched alkanes of at least 4 members (excludes halogenated alkanes) is 7. The van der Waals surface area contributed by atoms with Gasteiger partial charge >= 0.3 is 0 Å². The number of carboxylic acid groups (broad SMARTS) is 1. The average molecular weight is 390 g/mol. The van der Waals surface area contributed by atoms with Crippen LogP contribution in [0, 0.1) is 0 Å². The first-order chi connectivity index (χ1) is 13.5. The number of carbonyl (C=O) groups is 1. The molecule has 0 N–H and O–H groups in total. The summed E-state index contributed by atoms with van der Waals surface area (Å²) in [5.74, 6) is -1.17. The third-order valence-corrected chi connectivity index (χ3v) is 5.90. The maximum absolute atomic E-state index is 10.4. The van der Waals surface area contributed by atoms with Crippen LogP contribution >= 0.6 is 0 Å². The van der Waals surface area contributed by atoms with Gasteiger partial charge in [0.15, 0.2) is 0 Å². The number of hydrogen-bond donors (Lipinski definition) is 0. The van der Waals surface area contributed by atoms with Gasteiger partial charge in [-0.3, -0.25) is 0 Å². The van der Waals surface area contributed by atoms with Gasteiger partial charge in [-0.15, -0.1) is 0 Å². The predicted octanol–water partition coefficient (Wildman–Crippen LogP) is 5.70. The summed E-state index contributed by atoms with van der Waals surface area (Å²) >= 11 is 0. The molecule has 0 saturated heterocycles. The first-order valence-corrected chi connectivity index (χ1v) is 11.3. The second-order valence-corrected chi connectivity index (χ2v) is 7.57. The van der Waals surface area contributed by atoms with E-state index in [9.17, 15) is 9.90 Å². The Labute approximate surface area is 174 Å². The lowest BCUT2D eigenvalue weighted by Gasteiger charge is -2.35. The molecule has 1 aromatic carbocycles. The van der Waals surface area contributed by atoms with Crippen LogP contribution in [0.25, 0.3) is 6.08 Å². The van der Waals surface area contributed by atoms with E-state index in [-0.39, 0.29) is 5.56 Å². The van der Waals surface area contributed by atoms with Crippen LogP contribution in [0.3, 0.4) is 0 Å². The van der Waals surface area contributed by atoms with Crippen molar-refractivity contribution < 1.29 is 14.4 Å². The van der Waals surface area contributed by atoms with Crippen molar-refractivity contribution in [3.8, 4) is 0 Å². The standard InChI is InChI=1S/C16H36N.C9H8O2/c1-5-9-10-11-12-13-14-15-16-17(6-2,7-3)8-4;1-2-7-5-3-4-6-8(7)9(10)11/h5-16H2,1-4H3;2-6H,1H2,(H,10,11)/q+1;/p-1. The normalized spacial score (nSPS) is 10.9. The van der Waals surface area contributed by atoms with Crippen molar-refractivity contribution in [2.75, 3.05) is 26.2 Å². The number of rotatable bonds is 14. The van der Waals surface area contributed by atoms with Gasteiger partial charge in [0.05, 0.1) is 32.1 Å². The molecule has 0 aliphatic rings. The number of benzene rings is 1. The van der Waals surface area contributed by atoms with Crippen molar-refractivity contribution in [3.63, 3.8) is 0 Å². The number of nitrogens with zero attached hydrogens (tertiary/aromatic N) is 1. The highest BCUT2D eigenvalue weighted by Crippen LogP contribution is 2.12. The van der Waals surface area contributed by atoms with E-state index in [0.717, 1.165) is 0 Å². The van der Waals surface area contributed by atoms with Gasteiger partial charge in [0.2, 0.25) is 0 Å². The van der Waals surface area contributed by atoms with E-state index in [1.54, 1.807) is 18.2 Å². The van der Waals surface area contributed by atoms with E-state index in [0.29, 0.717) is 5.56 Å². The molecule has 1 aromatic rings. The van der Waals surface area contributed by atoms with Gasteiger partial charge in [0.1, 0.15) is 0 Å². The second-order valence-electron chi connectivity index (χ2n) is 7.57. The highest BCUT2D eigenvalue weighted by molar-refractivity contribution is 5.90. The molecule has 0 saturated carbocycles. The van der Waals surface area contributed by atoms with Gasteiger partial charge in [-0.05, 0) is 39.2 Å². The highest BCUT2D eigenvalue weighted by atomic mass is 16.4. The Balaban J connectivity index is 0.000000567. The number of carboxylic acids is 1. The van der Waals surface area contributed by atoms with Crippen LogP contribution in [0.5, 0.6) is 0 Å². The molecule has 0 amide bonds. The molecule has 160 valence electrons. The number of hydrogen-bond acceptors (Lipinski definition) is 2. The van der Waals surface area contributed by atoms with Crippen molar-refractivity contribution in [3.05, 3.63) is 42.0 Å². The lowest BCUT2D eigenvalue weighted by Crippen LogP contribution is -2.48. The van der Waals surface area contributed by atoms with E-state index in [2.05, 4.69) is 34.3 Å². The summed E-state index contributed by atoms with van der Waals surface area (Å²) in [6.45, 7) is 18.1. The van der Waals surface area contributed by atoms with Crippen LogP contribution < -0.4 is 5.11 Å². The molecule has 0 bridgehead atoms. The Bertz CT molecular complexity index is 527. The van der Waals surface area contributed by atoms with Crippen LogP contribution in [-0.2, 0) is 0 Å². The Morgan fingerprint density at radius 1 is 0.893 bits per heavy atom. The van der Waals surface area contributed by atoms with E-state index < -0.39 is 5.97 Å². The third kappa shape index (κ3) is 10.7. The third-order valence-electron chi connectivity index (χ3n) is 5.90. The van der Waals surface area contributed by atoms with Crippen LogP contribution in [0.1, 0.15) is 95.0 Å². The molecule has 0 spiro atoms. The topological polar surface area (TPSA) is 40.1 Å². The highest BCUT2D eigenvalue weighted by Gasteiger charge is 2.19. The van der Waals surface area contributed by atoms with Gasteiger partial charge in [-0.1, -0.05) is 82.4 Å². The lowest BCUT2D eigenvalue weighted by molar-refractivity contribution is -0.923. The average Bonchev–Trinajstić information content (AvgIpc) is 2.73. The minimum atomic E-state index is -1.17. The molecule has 0 radical (unpaired) electrons. The smallest absolute Gasteiger partial charge is 0.0786 e. The molecule has 0 aliphatic carbocycles. The Kier molecular flexibility index (Phi) is 15.4. The molecule has 0 unspecified atom stereocenters. The summed E-state index contributed by atoms with van der Waals surface area (Å²) in [7, 11) is 0. The molecule has 0 atom stereocenters. The van der Waals surface area contributed by atoms with Crippen LogP contribution in [0.2, 0.25) is 0 Å². The fourth-order valence-corrected chi connectivity index (χ4v) is 3.59. The zero-order valence-electron chi connectivity index (χ0n) is 18.8. The molecule has 3 nitrogen and oxygen atoms in total. The van der Waals surface area contributed by atoms with Crippen molar-refractivity contribution in [2.24, 2.45) is 0 Å². The van der Waals surface area contributed by atoms with Gasteiger partial charge in [-0.2, -0.15) is 0 Å². The van der Waals surface area contributed by atoms with Crippen LogP contribution in [0.15, 0.2) is 30.8 Å². The fraction of sp³-hybridized carbons (Fsp3) is 0.640. The van der Waals surface area contributed by atoms with Crippen molar-refractivity contribution in [1.82, 2.24) is 0 Å². The van der Waals surface area contributed by atoms with E-state index >= 15 is 0 Å². The minimum Gasteiger partial charge on any atom is -0.545 e. The quantitative estimate of drug-likeness (QED) is 0.302. The summed E-state index contributed by atoms with van der Waals surface area (Å²) in [6.07, 6.45) is 13.0. The summed E-state index contributed by atoms with van der Waals surface area (Å²) in [4.78, 5) is 10.4. The van der Waals surface area contributed by atoms with E-state index in [1.807, 2.05) is 0 Å². The lowest BCUT2D eigenvalue weighted by atomic mass is 10.1. The summed E-state index contributed by atoms with van der Waals surface area (Å²) < 4.78 is 1.33. The van der Waals surface area contributed by atoms with E-state index in [4.69, 9.17) is 0 Å². The van der Waals surface area contributed by atoms with Gasteiger partial charge in [0, 0.05) is 5.56 Å². The SMILES string of the molecule is C=Cc1ccccc1C(=O)[O-].CCCCCCCCCC[N+](CC)(CC)CC. The summed E-state index contributed by atoms with van der Waals surface area (Å²) in [6, 6.07) is 6.58. The molecule has 0 heterocycles. The molecular weight excluding hydrogens is 346 g/mol. The molecule has 0 aromatic heterocycles. The molecule has 3 heteroatoms. The molecule has 1 rings (SSSR count). The number of quaternary nitrogens is 1. The maximum Gasteiger partial charge on any atom is 0.0786 e. The van der Waals surface area contributed by atoms with Gasteiger partial charge in [-0.25, -0.2) is 0 Å². The van der Waals surface area contributed by atoms with Crippen molar-refractivity contribution in [2.45, 2.75) is 79.1 Å². The summed E-state index contributed by atoms with van der Waals surface area (Å²) in [5.41, 5.74) is 0.773. The zero-order chi connectivity index (χ0) is 21.3. The minimum absolute atomic E-state index is 0.183. The molecule has 0 aliphatic heterocycles. The molecule has 0 fully saturated rings. The first-order valence-electron chi connectivity index (χ1n) is 11.3. The van der Waals surface area contributed by atoms with Gasteiger partial charge < -0.3 is 14.4 Å². The maximum atomic E-state index is 10.4.